The number of para-hydroxylation sites is 2. The second-order valence-electron chi connectivity index (χ2n) is 8.55. The van der Waals surface area contributed by atoms with Gasteiger partial charge in [-0.2, -0.15) is 0 Å². The number of benzene rings is 2. The molecule has 2 aromatic carbocycles. The van der Waals surface area contributed by atoms with Crippen molar-refractivity contribution < 1.29 is 14.3 Å². The minimum atomic E-state index is -0.530. The Bertz CT molecular complexity index is 1130. The third kappa shape index (κ3) is 3.01. The molecular weight excluding hydrogens is 406 g/mol. The van der Waals surface area contributed by atoms with Crippen LogP contribution in [0, 0.1) is 13.8 Å². The molecule has 0 spiro atoms. The van der Waals surface area contributed by atoms with E-state index in [1.807, 2.05) is 61.2 Å². The van der Waals surface area contributed by atoms with Crippen LogP contribution in [0.4, 0.5) is 10.5 Å². The van der Waals surface area contributed by atoms with E-state index in [-0.39, 0.29) is 18.5 Å². The number of aliphatic imine (C=N–C) groups is 1. The first-order chi connectivity index (χ1) is 15.4. The highest BCUT2D eigenvalue weighted by Crippen LogP contribution is 2.37. The molecule has 0 aromatic heterocycles. The third-order valence-electron chi connectivity index (χ3n) is 6.59. The quantitative estimate of drug-likeness (QED) is 0.742. The SMILES string of the molecule is COc1ccccc1N1CCN2C1=NC1C2C(=O)N(Cc2cc(C)ccc2C)C(=O)N1C. The van der Waals surface area contributed by atoms with E-state index >= 15 is 0 Å². The van der Waals surface area contributed by atoms with Gasteiger partial charge in [-0.25, -0.2) is 9.79 Å². The summed E-state index contributed by atoms with van der Waals surface area (Å²) < 4.78 is 5.53. The Morgan fingerprint density at radius 2 is 1.88 bits per heavy atom. The summed E-state index contributed by atoms with van der Waals surface area (Å²) in [6.45, 7) is 5.63. The molecule has 2 fully saturated rings. The minimum absolute atomic E-state index is 0.195. The van der Waals surface area contributed by atoms with Gasteiger partial charge in [0.15, 0.2) is 12.2 Å². The van der Waals surface area contributed by atoms with Crippen molar-refractivity contribution in [1.29, 1.82) is 0 Å². The van der Waals surface area contributed by atoms with Gasteiger partial charge < -0.3 is 19.4 Å². The Morgan fingerprint density at radius 3 is 2.66 bits per heavy atom. The topological polar surface area (TPSA) is 68.7 Å². The molecule has 2 saturated heterocycles. The van der Waals surface area contributed by atoms with Crippen LogP contribution in [0.3, 0.4) is 0 Å². The van der Waals surface area contributed by atoms with Crippen molar-refractivity contribution in [2.24, 2.45) is 4.99 Å². The van der Waals surface area contributed by atoms with Crippen LogP contribution in [0.15, 0.2) is 47.5 Å². The second kappa shape index (κ2) is 7.55. The van der Waals surface area contributed by atoms with E-state index in [0.29, 0.717) is 19.0 Å². The van der Waals surface area contributed by atoms with Crippen molar-refractivity contribution in [3.8, 4) is 5.75 Å². The first-order valence-electron chi connectivity index (χ1n) is 10.8. The summed E-state index contributed by atoms with van der Waals surface area (Å²) in [6.07, 6.45) is -0.530. The molecule has 0 radical (unpaired) electrons. The smallest absolute Gasteiger partial charge is 0.328 e. The number of hydrogen-bond donors (Lipinski definition) is 0. The van der Waals surface area contributed by atoms with Crippen LogP contribution in [0.2, 0.25) is 0 Å². The second-order valence-corrected chi connectivity index (χ2v) is 8.55. The molecule has 5 rings (SSSR count). The van der Waals surface area contributed by atoms with Crippen molar-refractivity contribution >= 4 is 23.6 Å². The highest BCUT2D eigenvalue weighted by molar-refractivity contribution is 6.08. The number of guanidine groups is 1. The maximum absolute atomic E-state index is 13.6. The summed E-state index contributed by atoms with van der Waals surface area (Å²) in [7, 11) is 3.37. The van der Waals surface area contributed by atoms with Crippen molar-refractivity contribution in [3.63, 3.8) is 0 Å². The maximum Gasteiger partial charge on any atom is 0.328 e. The van der Waals surface area contributed by atoms with Crippen molar-refractivity contribution in [3.05, 3.63) is 59.2 Å². The number of nitrogens with zero attached hydrogens (tertiary/aromatic N) is 5. The zero-order chi connectivity index (χ0) is 22.6. The van der Waals surface area contributed by atoms with Gasteiger partial charge in [0.1, 0.15) is 5.75 Å². The van der Waals surface area contributed by atoms with Crippen molar-refractivity contribution in [2.45, 2.75) is 32.6 Å². The van der Waals surface area contributed by atoms with Crippen LogP contribution in [0.25, 0.3) is 0 Å². The summed E-state index contributed by atoms with van der Waals surface area (Å²) in [6, 6.07) is 13.0. The Hall–Kier alpha value is -3.55. The van der Waals surface area contributed by atoms with Gasteiger partial charge >= 0.3 is 6.03 Å². The van der Waals surface area contributed by atoms with Crippen LogP contribution < -0.4 is 9.64 Å². The summed E-state index contributed by atoms with van der Waals surface area (Å²) in [4.78, 5) is 38.6. The van der Waals surface area contributed by atoms with E-state index in [1.54, 1.807) is 19.1 Å². The number of amides is 3. The lowest BCUT2D eigenvalue weighted by Gasteiger charge is -2.40. The number of imide groups is 1. The van der Waals surface area contributed by atoms with Gasteiger partial charge in [-0.3, -0.25) is 9.69 Å². The van der Waals surface area contributed by atoms with Crippen molar-refractivity contribution in [2.75, 3.05) is 32.1 Å². The number of anilines is 1. The normalized spacial score (nSPS) is 22.3. The van der Waals surface area contributed by atoms with E-state index in [0.717, 1.165) is 28.1 Å². The number of urea groups is 1. The monoisotopic (exact) mass is 433 g/mol. The molecule has 0 saturated carbocycles. The first kappa shape index (κ1) is 20.4. The number of rotatable bonds is 4. The van der Waals surface area contributed by atoms with E-state index in [1.165, 1.54) is 4.90 Å². The van der Waals surface area contributed by atoms with E-state index in [4.69, 9.17) is 9.73 Å². The van der Waals surface area contributed by atoms with Crippen LogP contribution in [-0.4, -0.2) is 72.1 Å². The number of hydrogen-bond acceptors (Lipinski definition) is 6. The summed E-state index contributed by atoms with van der Waals surface area (Å²) in [5.74, 6) is 1.27. The Labute approximate surface area is 187 Å². The average Bonchev–Trinajstić information content (AvgIpc) is 3.37. The molecule has 3 heterocycles. The minimum Gasteiger partial charge on any atom is -0.495 e. The summed E-state index contributed by atoms with van der Waals surface area (Å²) >= 11 is 0. The number of methoxy groups -OCH3 is 1. The molecule has 8 nitrogen and oxygen atoms in total. The molecule has 0 aliphatic carbocycles. The number of likely N-dealkylation sites (N-methyl/N-ethyl adjacent to an activating group) is 1. The van der Waals surface area contributed by atoms with Crippen molar-refractivity contribution in [1.82, 2.24) is 14.7 Å². The predicted molar refractivity (Wildman–Crippen MR) is 122 cm³/mol. The highest BCUT2D eigenvalue weighted by atomic mass is 16.5. The largest absolute Gasteiger partial charge is 0.495 e. The molecule has 3 aliphatic heterocycles. The van der Waals surface area contributed by atoms with Gasteiger partial charge in [-0.05, 0) is 37.1 Å². The van der Waals surface area contributed by atoms with E-state index < -0.39 is 12.2 Å². The van der Waals surface area contributed by atoms with Crippen LogP contribution >= 0.6 is 0 Å². The van der Waals surface area contributed by atoms with Gasteiger partial charge in [-0.1, -0.05) is 35.9 Å². The number of fused-ring (bicyclic) bond motifs is 3. The zero-order valence-corrected chi connectivity index (χ0v) is 18.8. The molecule has 3 aliphatic rings. The Morgan fingerprint density at radius 1 is 1.09 bits per heavy atom. The zero-order valence-electron chi connectivity index (χ0n) is 18.8. The fraction of sp³-hybridized carbons (Fsp3) is 0.375. The van der Waals surface area contributed by atoms with Crippen LogP contribution in [-0.2, 0) is 11.3 Å². The highest BCUT2D eigenvalue weighted by Gasteiger charge is 2.54. The average molecular weight is 434 g/mol. The van der Waals surface area contributed by atoms with E-state index in [9.17, 15) is 9.59 Å². The molecule has 0 bridgehead atoms. The van der Waals surface area contributed by atoms with E-state index in [2.05, 4.69) is 4.90 Å². The molecule has 2 unspecified atom stereocenters. The first-order valence-corrected chi connectivity index (χ1v) is 10.8. The third-order valence-corrected chi connectivity index (χ3v) is 6.59. The maximum atomic E-state index is 13.6. The molecule has 2 atom stereocenters. The molecule has 32 heavy (non-hydrogen) atoms. The molecule has 8 heteroatoms. The van der Waals surface area contributed by atoms with Gasteiger partial charge in [-0.15, -0.1) is 0 Å². The van der Waals surface area contributed by atoms with Gasteiger partial charge in [0.05, 0.1) is 19.3 Å². The fourth-order valence-electron chi connectivity index (χ4n) is 4.80. The standard InChI is InChI=1S/C24H27N5O3/c1-15-9-10-16(2)17(13-15)14-29-22(30)20-21(26(3)24(29)31)25-23-27(11-12-28(20)23)18-7-5-6-8-19(18)32-4/h5-10,13,20-21H,11-12,14H2,1-4H3. The van der Waals surface area contributed by atoms with Crippen LogP contribution in [0.1, 0.15) is 16.7 Å². The van der Waals surface area contributed by atoms with Gasteiger partial charge in [0.2, 0.25) is 5.96 Å². The lowest BCUT2D eigenvalue weighted by molar-refractivity contribution is -0.137. The predicted octanol–water partition coefficient (Wildman–Crippen LogP) is 2.59. The fourth-order valence-corrected chi connectivity index (χ4v) is 4.80. The van der Waals surface area contributed by atoms with Gasteiger partial charge in [0.25, 0.3) is 5.91 Å². The Kier molecular flexibility index (Phi) is 4.80. The lowest BCUT2D eigenvalue weighted by atomic mass is 10.0. The number of aryl methyl sites for hydroxylation is 2. The number of ether oxygens (including phenoxy) is 1. The molecular formula is C24H27N5O3. The number of carbonyl (C=O) groups is 2. The summed E-state index contributed by atoms with van der Waals surface area (Å²) in [5, 5.41) is 0. The van der Waals surface area contributed by atoms with Gasteiger partial charge in [0, 0.05) is 20.1 Å². The molecule has 0 N–H and O–H groups in total. The molecule has 166 valence electrons. The molecule has 2 aromatic rings. The number of carbonyl (C=O) groups excluding carboxylic acids is 2. The lowest BCUT2D eigenvalue weighted by Crippen LogP contribution is -2.64. The van der Waals surface area contributed by atoms with Crippen LogP contribution in [0.5, 0.6) is 5.75 Å². The Balaban J connectivity index is 1.46. The molecule has 3 amide bonds. The summed E-state index contributed by atoms with van der Waals surface area (Å²) in [5.41, 5.74) is 4.05.